The number of hydrogen-bond acceptors (Lipinski definition) is 5. The van der Waals surface area contributed by atoms with Gasteiger partial charge in [-0.3, -0.25) is 9.59 Å². The molecule has 148 valence electrons. The summed E-state index contributed by atoms with van der Waals surface area (Å²) in [4.78, 5) is 26.9. The topological polar surface area (TPSA) is 81.2 Å². The molecule has 7 nitrogen and oxygen atoms in total. The third-order valence-electron chi connectivity index (χ3n) is 6.37. The molecular formula is C21H26N4O3. The largest absolute Gasteiger partial charge is 0.350 e. The van der Waals surface area contributed by atoms with Crippen LogP contribution in [0.2, 0.25) is 0 Å². The number of nitrogens with zero attached hydrogens (tertiary/aromatic N) is 4. The Balaban J connectivity index is 1.22. The normalized spacial score (nSPS) is 20.2. The molecule has 2 aliphatic carbocycles. The molecule has 7 heteroatoms. The van der Waals surface area contributed by atoms with Crippen LogP contribution in [-0.2, 0) is 19.4 Å². The van der Waals surface area contributed by atoms with Crippen LogP contribution < -0.4 is 5.56 Å². The predicted octanol–water partition coefficient (Wildman–Crippen LogP) is 2.54. The summed E-state index contributed by atoms with van der Waals surface area (Å²) in [5.41, 5.74) is 3.00. The van der Waals surface area contributed by atoms with Crippen molar-refractivity contribution in [2.75, 3.05) is 13.1 Å². The lowest BCUT2D eigenvalue weighted by Gasteiger charge is -2.31. The first kappa shape index (κ1) is 17.6. The maximum atomic E-state index is 12.9. The number of likely N-dealkylation sites (tertiary alicyclic amines) is 1. The van der Waals surface area contributed by atoms with Gasteiger partial charge < -0.3 is 9.42 Å². The van der Waals surface area contributed by atoms with Crippen LogP contribution >= 0.6 is 0 Å². The van der Waals surface area contributed by atoms with E-state index in [2.05, 4.69) is 10.3 Å². The number of aromatic nitrogens is 3. The fourth-order valence-electron chi connectivity index (χ4n) is 4.46. The number of fused-ring (bicyclic) bond motifs is 1. The maximum absolute atomic E-state index is 12.9. The molecule has 0 spiro atoms. The molecule has 2 fully saturated rings. The summed E-state index contributed by atoms with van der Waals surface area (Å²) in [6.07, 6.45) is 8.13. The van der Waals surface area contributed by atoms with Gasteiger partial charge in [0.2, 0.25) is 5.76 Å². The van der Waals surface area contributed by atoms with Gasteiger partial charge in [0.05, 0.1) is 11.4 Å². The summed E-state index contributed by atoms with van der Waals surface area (Å²) < 4.78 is 7.04. The molecule has 0 unspecified atom stereocenters. The highest BCUT2D eigenvalue weighted by Crippen LogP contribution is 2.38. The van der Waals surface area contributed by atoms with Gasteiger partial charge in [-0.15, -0.1) is 0 Å². The quantitative estimate of drug-likeness (QED) is 0.812. The molecule has 0 N–H and O–H groups in total. The smallest absolute Gasteiger partial charge is 0.292 e. The van der Waals surface area contributed by atoms with E-state index in [4.69, 9.17) is 4.52 Å². The molecular weight excluding hydrogens is 356 g/mol. The SMILES string of the molecule is O=C(c1onc2c1CCCC2)N1CCC(Cn2nc(C3CC3)ccc2=O)CC1. The Labute approximate surface area is 163 Å². The minimum atomic E-state index is -0.0313. The average Bonchev–Trinajstić information content (AvgIpc) is 3.49. The first-order valence-electron chi connectivity index (χ1n) is 10.5. The number of rotatable bonds is 4. The summed E-state index contributed by atoms with van der Waals surface area (Å²) in [7, 11) is 0. The zero-order valence-electron chi connectivity index (χ0n) is 16.1. The Morgan fingerprint density at radius 2 is 1.89 bits per heavy atom. The van der Waals surface area contributed by atoms with E-state index in [1.54, 1.807) is 10.7 Å². The van der Waals surface area contributed by atoms with Crippen molar-refractivity contribution in [3.63, 3.8) is 0 Å². The molecule has 5 rings (SSSR count). The second-order valence-corrected chi connectivity index (χ2v) is 8.43. The second-order valence-electron chi connectivity index (χ2n) is 8.43. The third kappa shape index (κ3) is 3.38. The number of piperidine rings is 1. The van der Waals surface area contributed by atoms with Gasteiger partial charge in [-0.25, -0.2) is 4.68 Å². The van der Waals surface area contributed by atoms with Crippen LogP contribution in [0.25, 0.3) is 0 Å². The van der Waals surface area contributed by atoms with Crippen molar-refractivity contribution in [3.8, 4) is 0 Å². The highest BCUT2D eigenvalue weighted by molar-refractivity contribution is 5.93. The molecule has 3 heterocycles. The molecule has 0 aromatic carbocycles. The molecule has 3 aliphatic rings. The first-order chi connectivity index (χ1) is 13.7. The minimum Gasteiger partial charge on any atom is -0.350 e. The van der Waals surface area contributed by atoms with E-state index in [1.165, 1.54) is 12.8 Å². The Morgan fingerprint density at radius 3 is 2.68 bits per heavy atom. The zero-order chi connectivity index (χ0) is 19.1. The first-order valence-corrected chi connectivity index (χ1v) is 10.5. The molecule has 1 aliphatic heterocycles. The summed E-state index contributed by atoms with van der Waals surface area (Å²) in [5.74, 6) is 1.33. The lowest BCUT2D eigenvalue weighted by atomic mass is 9.94. The zero-order valence-corrected chi connectivity index (χ0v) is 16.1. The van der Waals surface area contributed by atoms with Gasteiger partial charge in [0.15, 0.2) is 0 Å². The van der Waals surface area contributed by atoms with Crippen molar-refractivity contribution in [2.24, 2.45) is 5.92 Å². The molecule has 0 bridgehead atoms. The Morgan fingerprint density at radius 1 is 1.11 bits per heavy atom. The highest BCUT2D eigenvalue weighted by atomic mass is 16.5. The van der Waals surface area contributed by atoms with Crippen molar-refractivity contribution < 1.29 is 9.32 Å². The van der Waals surface area contributed by atoms with Crippen LogP contribution in [0.1, 0.15) is 71.9 Å². The van der Waals surface area contributed by atoms with Gasteiger partial charge in [-0.05, 0) is 63.4 Å². The van der Waals surface area contributed by atoms with E-state index in [1.807, 2.05) is 11.0 Å². The van der Waals surface area contributed by atoms with Gasteiger partial charge in [0.25, 0.3) is 11.5 Å². The standard InChI is InChI=1S/C21H26N4O3/c26-19-8-7-17(15-5-6-15)22-25(19)13-14-9-11-24(12-10-14)21(27)20-16-3-1-2-4-18(16)23-28-20/h7-8,14-15H,1-6,9-13H2. The molecule has 28 heavy (non-hydrogen) atoms. The fraction of sp³-hybridized carbons (Fsp3) is 0.619. The lowest BCUT2D eigenvalue weighted by molar-refractivity contribution is 0.0637. The Kier molecular flexibility index (Phi) is 4.53. The monoisotopic (exact) mass is 382 g/mol. The van der Waals surface area contributed by atoms with Crippen LogP contribution in [0.15, 0.2) is 21.5 Å². The van der Waals surface area contributed by atoms with E-state index in [9.17, 15) is 9.59 Å². The summed E-state index contributed by atoms with van der Waals surface area (Å²) in [6, 6.07) is 3.52. The van der Waals surface area contributed by atoms with Crippen molar-refractivity contribution >= 4 is 5.91 Å². The minimum absolute atomic E-state index is 0.0277. The van der Waals surface area contributed by atoms with Crippen LogP contribution in [0.3, 0.4) is 0 Å². The molecule has 0 atom stereocenters. The van der Waals surface area contributed by atoms with E-state index in [0.717, 1.165) is 55.5 Å². The van der Waals surface area contributed by atoms with Crippen LogP contribution in [0.5, 0.6) is 0 Å². The third-order valence-corrected chi connectivity index (χ3v) is 6.37. The molecule has 1 saturated heterocycles. The molecule has 2 aromatic heterocycles. The van der Waals surface area contributed by atoms with Crippen LogP contribution in [0, 0.1) is 5.92 Å². The summed E-state index contributed by atoms with van der Waals surface area (Å²) in [6.45, 7) is 2.02. The van der Waals surface area contributed by atoms with Gasteiger partial charge in [-0.2, -0.15) is 5.10 Å². The van der Waals surface area contributed by atoms with Gasteiger partial charge >= 0.3 is 0 Å². The summed E-state index contributed by atoms with van der Waals surface area (Å²) >= 11 is 0. The van der Waals surface area contributed by atoms with Crippen LogP contribution in [-0.4, -0.2) is 38.8 Å². The Bertz CT molecular complexity index is 935. The lowest BCUT2D eigenvalue weighted by Crippen LogP contribution is -2.40. The van der Waals surface area contributed by atoms with Gasteiger partial charge in [0, 0.05) is 37.2 Å². The van der Waals surface area contributed by atoms with Crippen molar-refractivity contribution in [1.82, 2.24) is 19.8 Å². The number of amides is 1. The van der Waals surface area contributed by atoms with Gasteiger partial charge in [-0.1, -0.05) is 5.16 Å². The number of aryl methyl sites for hydroxylation is 1. The predicted molar refractivity (Wildman–Crippen MR) is 102 cm³/mol. The van der Waals surface area contributed by atoms with Crippen LogP contribution in [0.4, 0.5) is 0 Å². The van der Waals surface area contributed by atoms with E-state index < -0.39 is 0 Å². The van der Waals surface area contributed by atoms with Crippen molar-refractivity contribution in [3.05, 3.63) is 45.2 Å². The molecule has 0 radical (unpaired) electrons. The average molecular weight is 382 g/mol. The molecule has 1 saturated carbocycles. The van der Waals surface area contributed by atoms with E-state index >= 15 is 0 Å². The highest BCUT2D eigenvalue weighted by Gasteiger charge is 2.31. The van der Waals surface area contributed by atoms with Crippen molar-refractivity contribution in [1.29, 1.82) is 0 Å². The Hall–Kier alpha value is -2.44. The maximum Gasteiger partial charge on any atom is 0.292 e. The molecule has 1 amide bonds. The van der Waals surface area contributed by atoms with Gasteiger partial charge in [0.1, 0.15) is 0 Å². The van der Waals surface area contributed by atoms with Crippen molar-refractivity contribution in [2.45, 2.75) is 63.8 Å². The summed E-state index contributed by atoms with van der Waals surface area (Å²) in [5, 5.41) is 8.68. The fourth-order valence-corrected chi connectivity index (χ4v) is 4.46. The number of hydrogen-bond donors (Lipinski definition) is 0. The molecule has 2 aromatic rings. The number of carbonyl (C=O) groups is 1. The number of carbonyl (C=O) groups excluding carboxylic acids is 1. The second kappa shape index (κ2) is 7.18. The van der Waals surface area contributed by atoms with E-state index in [-0.39, 0.29) is 11.5 Å². The van der Waals surface area contributed by atoms with E-state index in [0.29, 0.717) is 37.2 Å².